The second kappa shape index (κ2) is 3.90. The average Bonchev–Trinajstić information content (AvgIpc) is 2.65. The Morgan fingerprint density at radius 2 is 2.33 bits per heavy atom. The fraction of sp³-hybridized carbons (Fsp3) is 0.0909. The molecule has 2 rings (SSSR count). The van der Waals surface area contributed by atoms with Crippen molar-refractivity contribution in [3.05, 3.63) is 42.5 Å². The van der Waals surface area contributed by atoms with E-state index < -0.39 is 0 Å². The number of isocyanates is 1. The molecule has 4 nitrogen and oxygen atoms in total. The van der Waals surface area contributed by atoms with Gasteiger partial charge in [-0.05, 0) is 25.1 Å². The van der Waals surface area contributed by atoms with Gasteiger partial charge in [0.2, 0.25) is 6.08 Å². The third kappa shape index (κ3) is 1.85. The van der Waals surface area contributed by atoms with E-state index in [1.165, 1.54) is 6.08 Å². The minimum Gasteiger partial charge on any atom is -0.304 e. The van der Waals surface area contributed by atoms with E-state index in [2.05, 4.69) is 9.98 Å². The van der Waals surface area contributed by atoms with Crippen molar-refractivity contribution in [2.75, 3.05) is 0 Å². The van der Waals surface area contributed by atoms with Gasteiger partial charge in [-0.2, -0.15) is 4.99 Å². The van der Waals surface area contributed by atoms with Crippen molar-refractivity contribution in [3.63, 3.8) is 0 Å². The average molecular weight is 199 g/mol. The van der Waals surface area contributed by atoms with Gasteiger partial charge in [0.05, 0.1) is 5.69 Å². The first-order valence-electron chi connectivity index (χ1n) is 4.49. The topological polar surface area (TPSA) is 47.2 Å². The van der Waals surface area contributed by atoms with Crippen LogP contribution in [0.15, 0.2) is 41.7 Å². The number of imidazole rings is 1. The summed E-state index contributed by atoms with van der Waals surface area (Å²) in [6.07, 6.45) is 5.11. The maximum Gasteiger partial charge on any atom is 0.240 e. The maximum atomic E-state index is 10.1. The van der Waals surface area contributed by atoms with Crippen LogP contribution < -0.4 is 0 Å². The lowest BCUT2D eigenvalue weighted by atomic mass is 10.3. The second-order valence-corrected chi connectivity index (χ2v) is 3.07. The zero-order valence-electron chi connectivity index (χ0n) is 8.21. The van der Waals surface area contributed by atoms with Crippen molar-refractivity contribution < 1.29 is 4.79 Å². The minimum absolute atomic E-state index is 0.593. The Labute approximate surface area is 86.9 Å². The van der Waals surface area contributed by atoms with Crippen molar-refractivity contribution in [3.8, 4) is 5.69 Å². The molecule has 0 saturated heterocycles. The van der Waals surface area contributed by atoms with E-state index >= 15 is 0 Å². The van der Waals surface area contributed by atoms with Gasteiger partial charge in [0.1, 0.15) is 5.82 Å². The molecular formula is C11H9N3O. The molecule has 74 valence electrons. The quantitative estimate of drug-likeness (QED) is 0.549. The predicted octanol–water partition coefficient (Wildman–Crippen LogP) is 2.15. The molecule has 0 aliphatic rings. The Balaban J connectivity index is 2.50. The first kappa shape index (κ1) is 9.37. The molecule has 0 bridgehead atoms. The highest BCUT2D eigenvalue weighted by atomic mass is 16.1. The third-order valence-corrected chi connectivity index (χ3v) is 2.11. The molecule has 0 radical (unpaired) electrons. The summed E-state index contributed by atoms with van der Waals surface area (Å²) in [5, 5.41) is 0. The van der Waals surface area contributed by atoms with E-state index in [4.69, 9.17) is 0 Å². The summed E-state index contributed by atoms with van der Waals surface area (Å²) >= 11 is 0. The van der Waals surface area contributed by atoms with E-state index in [1.54, 1.807) is 18.3 Å². The van der Waals surface area contributed by atoms with Gasteiger partial charge >= 0.3 is 0 Å². The lowest BCUT2D eigenvalue weighted by Gasteiger charge is -2.04. The van der Waals surface area contributed by atoms with Crippen molar-refractivity contribution in [2.24, 2.45) is 4.99 Å². The van der Waals surface area contributed by atoms with Gasteiger partial charge in [-0.1, -0.05) is 6.07 Å². The van der Waals surface area contributed by atoms with Gasteiger partial charge in [0.25, 0.3) is 0 Å². The smallest absolute Gasteiger partial charge is 0.240 e. The van der Waals surface area contributed by atoms with Crippen LogP contribution in [0.3, 0.4) is 0 Å². The fourth-order valence-electron chi connectivity index (χ4n) is 1.42. The van der Waals surface area contributed by atoms with E-state index in [0.29, 0.717) is 5.69 Å². The van der Waals surface area contributed by atoms with Gasteiger partial charge in [0, 0.05) is 18.1 Å². The van der Waals surface area contributed by atoms with E-state index in [0.717, 1.165) is 11.5 Å². The van der Waals surface area contributed by atoms with Gasteiger partial charge in [-0.3, -0.25) is 0 Å². The molecule has 0 fully saturated rings. The van der Waals surface area contributed by atoms with Crippen molar-refractivity contribution >= 4 is 11.8 Å². The number of aromatic nitrogens is 2. The molecule has 0 N–H and O–H groups in total. The first-order chi connectivity index (χ1) is 7.31. The van der Waals surface area contributed by atoms with Crippen molar-refractivity contribution in [2.45, 2.75) is 6.92 Å². The van der Waals surface area contributed by atoms with Crippen LogP contribution >= 0.6 is 0 Å². The first-order valence-corrected chi connectivity index (χ1v) is 4.49. The van der Waals surface area contributed by atoms with Gasteiger partial charge in [0.15, 0.2) is 0 Å². The molecule has 0 amide bonds. The molecule has 0 unspecified atom stereocenters. The molecule has 4 heteroatoms. The molecule has 0 spiro atoms. The molecule has 0 aliphatic heterocycles. The minimum atomic E-state index is 0.593. The van der Waals surface area contributed by atoms with Crippen LogP contribution in [0.2, 0.25) is 0 Å². The molecule has 0 saturated carbocycles. The summed E-state index contributed by atoms with van der Waals surface area (Å²) in [6, 6.07) is 7.32. The Hall–Kier alpha value is -2.19. The van der Waals surface area contributed by atoms with Crippen LogP contribution in [-0.2, 0) is 4.79 Å². The van der Waals surface area contributed by atoms with Crippen LogP contribution in [0, 0.1) is 6.92 Å². The summed E-state index contributed by atoms with van der Waals surface area (Å²) in [4.78, 5) is 17.8. The summed E-state index contributed by atoms with van der Waals surface area (Å²) in [5.41, 5.74) is 1.53. The predicted molar refractivity (Wildman–Crippen MR) is 56.1 cm³/mol. The largest absolute Gasteiger partial charge is 0.304 e. The Kier molecular flexibility index (Phi) is 2.44. The van der Waals surface area contributed by atoms with Crippen LogP contribution in [0.1, 0.15) is 5.82 Å². The molecule has 1 aromatic heterocycles. The normalized spacial score (nSPS) is 9.67. The molecule has 0 aliphatic carbocycles. The van der Waals surface area contributed by atoms with Crippen molar-refractivity contribution in [1.82, 2.24) is 9.55 Å². The molecule has 1 aromatic carbocycles. The number of aliphatic imine (C=N–C) groups is 1. The summed E-state index contributed by atoms with van der Waals surface area (Å²) < 4.78 is 1.92. The Morgan fingerprint density at radius 1 is 1.47 bits per heavy atom. The van der Waals surface area contributed by atoms with Crippen LogP contribution in [0.25, 0.3) is 5.69 Å². The number of nitrogens with zero attached hydrogens (tertiary/aromatic N) is 3. The highest BCUT2D eigenvalue weighted by molar-refractivity contribution is 5.53. The summed E-state index contributed by atoms with van der Waals surface area (Å²) in [7, 11) is 0. The Morgan fingerprint density at radius 3 is 3.00 bits per heavy atom. The lowest BCUT2D eigenvalue weighted by Crippen LogP contribution is -1.94. The number of benzene rings is 1. The monoisotopic (exact) mass is 199 g/mol. The van der Waals surface area contributed by atoms with Crippen LogP contribution in [-0.4, -0.2) is 15.6 Å². The molecule has 2 aromatic rings. The third-order valence-electron chi connectivity index (χ3n) is 2.11. The zero-order valence-corrected chi connectivity index (χ0v) is 8.21. The van der Waals surface area contributed by atoms with Gasteiger partial charge in [-0.15, -0.1) is 0 Å². The number of aryl methyl sites for hydroxylation is 1. The lowest BCUT2D eigenvalue weighted by molar-refractivity contribution is 0.565. The van der Waals surface area contributed by atoms with Crippen LogP contribution in [0.5, 0.6) is 0 Å². The Bertz CT molecular complexity index is 524. The van der Waals surface area contributed by atoms with Crippen molar-refractivity contribution in [1.29, 1.82) is 0 Å². The van der Waals surface area contributed by atoms with Gasteiger partial charge < -0.3 is 4.57 Å². The molecular weight excluding hydrogens is 190 g/mol. The summed E-state index contributed by atoms with van der Waals surface area (Å²) in [5.74, 6) is 0.891. The SMILES string of the molecule is Cc1nccn1-c1cccc(N=C=O)c1. The maximum absolute atomic E-state index is 10.1. The van der Waals surface area contributed by atoms with E-state index in [1.807, 2.05) is 29.8 Å². The van der Waals surface area contributed by atoms with Crippen LogP contribution in [0.4, 0.5) is 5.69 Å². The number of hydrogen-bond donors (Lipinski definition) is 0. The van der Waals surface area contributed by atoms with E-state index in [9.17, 15) is 4.79 Å². The second-order valence-electron chi connectivity index (χ2n) is 3.07. The highest BCUT2D eigenvalue weighted by Gasteiger charge is 2.00. The number of rotatable bonds is 2. The molecule has 1 heterocycles. The zero-order chi connectivity index (χ0) is 10.7. The molecule has 15 heavy (non-hydrogen) atoms. The van der Waals surface area contributed by atoms with Gasteiger partial charge in [-0.25, -0.2) is 9.78 Å². The fourth-order valence-corrected chi connectivity index (χ4v) is 1.42. The molecule has 0 atom stereocenters. The number of carbonyl (C=O) groups excluding carboxylic acids is 1. The highest BCUT2D eigenvalue weighted by Crippen LogP contribution is 2.17. The standard InChI is InChI=1S/C11H9N3O/c1-9-12-5-6-14(9)11-4-2-3-10(7-11)13-8-15/h2-7H,1H3. The number of hydrogen-bond acceptors (Lipinski definition) is 3. The van der Waals surface area contributed by atoms with E-state index in [-0.39, 0.29) is 0 Å². The summed E-state index contributed by atoms with van der Waals surface area (Å²) in [6.45, 7) is 1.91.